The second kappa shape index (κ2) is 9.45. The van der Waals surface area contributed by atoms with Gasteiger partial charge in [-0.15, -0.1) is 0 Å². The van der Waals surface area contributed by atoms with Crippen molar-refractivity contribution in [1.82, 2.24) is 4.57 Å². The van der Waals surface area contributed by atoms with Crippen molar-refractivity contribution in [2.24, 2.45) is 0 Å². The monoisotopic (exact) mass is 504 g/mol. The van der Waals surface area contributed by atoms with Crippen LogP contribution in [0.1, 0.15) is 0 Å². The van der Waals surface area contributed by atoms with Crippen LogP contribution in [0.15, 0.2) is 164 Å². The highest BCUT2D eigenvalue weighted by atomic mass is 31.2. The highest BCUT2D eigenvalue weighted by Crippen LogP contribution is 2.54. The van der Waals surface area contributed by atoms with Gasteiger partial charge in [-0.3, -0.25) is 0 Å². The van der Waals surface area contributed by atoms with Crippen LogP contribution in [0.2, 0.25) is 0 Å². The summed E-state index contributed by atoms with van der Waals surface area (Å²) < 4.78 is 2.39. The average Bonchev–Trinajstić information content (AvgIpc) is 3.34. The van der Waals surface area contributed by atoms with Crippen molar-refractivity contribution in [1.29, 1.82) is 0 Å². The summed E-state index contributed by atoms with van der Waals surface area (Å²) in [6, 6.07) is 59.9. The smallest absolute Gasteiger partial charge is 0.144 e. The Kier molecular flexibility index (Phi) is 5.65. The van der Waals surface area contributed by atoms with Crippen molar-refractivity contribution in [2.45, 2.75) is 0 Å². The molecular formula is C36H27NP+. The van der Waals surface area contributed by atoms with E-state index in [4.69, 9.17) is 0 Å². The minimum absolute atomic E-state index is 1.18. The van der Waals surface area contributed by atoms with Gasteiger partial charge in [0.2, 0.25) is 0 Å². The third-order valence-electron chi connectivity index (χ3n) is 7.49. The summed E-state index contributed by atoms with van der Waals surface area (Å²) in [4.78, 5) is 0. The normalized spacial score (nSPS) is 11.7. The minimum Gasteiger partial charge on any atom is -0.309 e. The molecule has 0 spiro atoms. The van der Waals surface area contributed by atoms with Gasteiger partial charge in [0.25, 0.3) is 0 Å². The second-order valence-corrected chi connectivity index (χ2v) is 13.0. The lowest BCUT2D eigenvalue weighted by atomic mass is 10.1. The van der Waals surface area contributed by atoms with Gasteiger partial charge in [0.05, 0.1) is 11.0 Å². The molecule has 0 atom stereocenters. The number of hydrogen-bond acceptors (Lipinski definition) is 0. The molecule has 0 amide bonds. The lowest BCUT2D eigenvalue weighted by Crippen LogP contribution is -2.38. The predicted molar refractivity (Wildman–Crippen MR) is 166 cm³/mol. The number of hydrogen-bond donors (Lipinski definition) is 0. The van der Waals surface area contributed by atoms with Crippen molar-refractivity contribution in [3.8, 4) is 5.69 Å². The number of rotatable bonds is 5. The van der Waals surface area contributed by atoms with Crippen LogP contribution < -0.4 is 21.2 Å². The van der Waals surface area contributed by atoms with E-state index < -0.39 is 7.26 Å². The molecule has 2 heteroatoms. The zero-order chi connectivity index (χ0) is 25.4. The van der Waals surface area contributed by atoms with Gasteiger partial charge in [0, 0.05) is 16.5 Å². The highest BCUT2D eigenvalue weighted by molar-refractivity contribution is 8.01. The molecule has 0 unspecified atom stereocenters. The van der Waals surface area contributed by atoms with Gasteiger partial charge in [0.1, 0.15) is 28.5 Å². The Labute approximate surface area is 224 Å². The molecule has 180 valence electrons. The topological polar surface area (TPSA) is 4.93 Å². The fourth-order valence-corrected chi connectivity index (χ4v) is 10.1. The van der Waals surface area contributed by atoms with Crippen LogP contribution in [0.25, 0.3) is 27.5 Å². The molecular weight excluding hydrogens is 477 g/mol. The lowest BCUT2D eigenvalue weighted by Gasteiger charge is -2.27. The van der Waals surface area contributed by atoms with Crippen LogP contribution in [-0.2, 0) is 0 Å². The number of aromatic nitrogens is 1. The summed E-state index contributed by atoms with van der Waals surface area (Å²) in [5, 5.41) is 8.02. The molecule has 0 N–H and O–H groups in total. The van der Waals surface area contributed by atoms with Crippen molar-refractivity contribution in [3.05, 3.63) is 164 Å². The first kappa shape index (κ1) is 22.7. The number of fused-ring (bicyclic) bond motifs is 3. The summed E-state index contributed by atoms with van der Waals surface area (Å²) in [5.41, 5.74) is 3.64. The maximum atomic E-state index is 2.47. The quantitative estimate of drug-likeness (QED) is 0.215. The SMILES string of the molecule is c1ccc(-n2c3ccccc3c3cc([P+](c4ccccc4)(c4ccccc4)c4ccccc4)ccc32)cc1. The van der Waals surface area contributed by atoms with E-state index in [1.54, 1.807) is 0 Å². The van der Waals surface area contributed by atoms with Crippen LogP contribution in [0, 0.1) is 0 Å². The Balaban J connectivity index is 1.61. The van der Waals surface area contributed by atoms with E-state index in [0.29, 0.717) is 0 Å². The fraction of sp³-hybridized carbons (Fsp3) is 0. The largest absolute Gasteiger partial charge is 0.309 e. The molecule has 0 aliphatic heterocycles. The zero-order valence-corrected chi connectivity index (χ0v) is 21.9. The van der Waals surface area contributed by atoms with Crippen molar-refractivity contribution >= 4 is 50.3 Å². The van der Waals surface area contributed by atoms with Crippen LogP contribution >= 0.6 is 7.26 Å². The maximum absolute atomic E-state index is 2.47. The fourth-order valence-electron chi connectivity index (χ4n) is 5.87. The number of para-hydroxylation sites is 2. The van der Waals surface area contributed by atoms with Crippen molar-refractivity contribution in [3.63, 3.8) is 0 Å². The molecule has 1 nitrogen and oxygen atoms in total. The van der Waals surface area contributed by atoms with E-state index in [2.05, 4.69) is 168 Å². The summed E-state index contributed by atoms with van der Waals surface area (Å²) in [5.74, 6) is 0. The van der Waals surface area contributed by atoms with Crippen LogP contribution in [0.4, 0.5) is 0 Å². The molecule has 7 rings (SSSR count). The average molecular weight is 505 g/mol. The molecule has 38 heavy (non-hydrogen) atoms. The third-order valence-corrected chi connectivity index (χ3v) is 11.8. The standard InChI is InChI=1S/C36H27NP/c1-5-15-28(16-6-1)37-35-24-14-13-23-33(35)34-27-32(25-26-36(34)37)38(29-17-7-2-8-18-29,30-19-9-3-10-20-30)31-21-11-4-12-22-31/h1-27H/q+1. The summed E-state index contributed by atoms with van der Waals surface area (Å²) in [7, 11) is -2.16. The Morgan fingerprint density at radius 2 is 0.789 bits per heavy atom. The lowest BCUT2D eigenvalue weighted by molar-refractivity contribution is 1.18. The van der Waals surface area contributed by atoms with E-state index in [9.17, 15) is 0 Å². The molecule has 6 aromatic carbocycles. The summed E-state index contributed by atoms with van der Waals surface area (Å²) >= 11 is 0. The van der Waals surface area contributed by atoms with Gasteiger partial charge in [-0.25, -0.2) is 0 Å². The van der Waals surface area contributed by atoms with Gasteiger partial charge in [-0.05, 0) is 72.8 Å². The van der Waals surface area contributed by atoms with Gasteiger partial charge in [-0.2, -0.15) is 0 Å². The van der Waals surface area contributed by atoms with Gasteiger partial charge >= 0.3 is 0 Å². The molecule has 1 heterocycles. The van der Waals surface area contributed by atoms with Gasteiger partial charge in [0.15, 0.2) is 0 Å². The summed E-state index contributed by atoms with van der Waals surface area (Å²) in [6.45, 7) is 0. The highest BCUT2D eigenvalue weighted by Gasteiger charge is 2.47. The van der Waals surface area contributed by atoms with Crippen LogP contribution in [0.5, 0.6) is 0 Å². The van der Waals surface area contributed by atoms with E-state index in [1.807, 2.05) is 0 Å². The Bertz CT molecular complexity index is 1740. The molecule has 0 saturated carbocycles. The van der Waals surface area contributed by atoms with Crippen LogP contribution in [0.3, 0.4) is 0 Å². The van der Waals surface area contributed by atoms with E-state index in [1.165, 1.54) is 48.7 Å². The van der Waals surface area contributed by atoms with E-state index in [-0.39, 0.29) is 0 Å². The first-order valence-electron chi connectivity index (χ1n) is 13.0. The molecule has 0 bridgehead atoms. The Morgan fingerprint density at radius 3 is 1.34 bits per heavy atom. The number of nitrogens with zero attached hydrogens (tertiary/aromatic N) is 1. The molecule has 0 saturated heterocycles. The molecule has 1 aromatic heterocycles. The first-order valence-corrected chi connectivity index (χ1v) is 14.8. The molecule has 0 aliphatic rings. The zero-order valence-electron chi connectivity index (χ0n) is 21.0. The molecule has 0 fully saturated rings. The van der Waals surface area contributed by atoms with Gasteiger partial charge in [-0.1, -0.05) is 91.0 Å². The maximum Gasteiger partial charge on any atom is 0.144 e. The second-order valence-electron chi connectivity index (χ2n) is 9.57. The third kappa shape index (κ3) is 3.51. The Hall–Kier alpha value is -4.45. The number of benzene rings is 6. The molecule has 7 aromatic rings. The predicted octanol–water partition coefficient (Wildman–Crippen LogP) is 7.40. The van der Waals surface area contributed by atoms with Gasteiger partial charge < -0.3 is 4.57 Å². The van der Waals surface area contributed by atoms with Crippen molar-refractivity contribution in [2.75, 3.05) is 0 Å². The Morgan fingerprint density at radius 1 is 0.342 bits per heavy atom. The first-order chi connectivity index (χ1) is 18.9. The van der Waals surface area contributed by atoms with Crippen molar-refractivity contribution < 1.29 is 0 Å². The van der Waals surface area contributed by atoms with E-state index >= 15 is 0 Å². The summed E-state index contributed by atoms with van der Waals surface area (Å²) in [6.07, 6.45) is 0. The minimum atomic E-state index is -2.16. The van der Waals surface area contributed by atoms with E-state index in [0.717, 1.165) is 0 Å². The molecule has 0 radical (unpaired) electrons. The van der Waals surface area contributed by atoms with Crippen LogP contribution in [-0.4, -0.2) is 4.57 Å². The molecule has 0 aliphatic carbocycles.